The summed E-state index contributed by atoms with van der Waals surface area (Å²) in [6.45, 7) is 0. The number of hydrazine groups is 1. The zero-order valence-corrected chi connectivity index (χ0v) is 5.49. The van der Waals surface area contributed by atoms with Gasteiger partial charge in [0.1, 0.15) is 0 Å². The summed E-state index contributed by atoms with van der Waals surface area (Å²) in [5.41, 5.74) is 2.68. The molecule has 0 amide bonds. The van der Waals surface area contributed by atoms with Crippen molar-refractivity contribution in [3.8, 4) is 0 Å². The fourth-order valence-corrected chi connectivity index (χ4v) is 1.46. The van der Waals surface area contributed by atoms with E-state index in [1.807, 2.05) is 0 Å². The lowest BCUT2D eigenvalue weighted by Crippen LogP contribution is -2.38. The maximum atomic E-state index is 5.84. The van der Waals surface area contributed by atoms with E-state index in [1.165, 1.54) is 6.42 Å². The summed E-state index contributed by atoms with van der Waals surface area (Å²) in [6.07, 6.45) is 3.45. The molecular formula is C5H11ClN2. The summed E-state index contributed by atoms with van der Waals surface area (Å²) < 4.78 is 0. The second-order valence-corrected chi connectivity index (χ2v) is 2.78. The molecule has 1 aliphatic rings. The van der Waals surface area contributed by atoms with Crippen LogP contribution in [0.15, 0.2) is 0 Å². The van der Waals surface area contributed by atoms with Crippen molar-refractivity contribution in [1.82, 2.24) is 5.43 Å². The molecule has 0 radical (unpaired) electrons. The van der Waals surface area contributed by atoms with Gasteiger partial charge in [-0.1, -0.05) is 6.42 Å². The highest BCUT2D eigenvalue weighted by molar-refractivity contribution is 6.21. The Morgan fingerprint density at radius 1 is 1.50 bits per heavy atom. The fraction of sp³-hybridized carbons (Fsp3) is 1.00. The van der Waals surface area contributed by atoms with Crippen LogP contribution in [0.25, 0.3) is 0 Å². The van der Waals surface area contributed by atoms with Crippen LogP contribution >= 0.6 is 11.6 Å². The van der Waals surface area contributed by atoms with Crippen molar-refractivity contribution in [3.63, 3.8) is 0 Å². The molecule has 0 spiro atoms. The first-order chi connectivity index (χ1) is 3.84. The molecule has 48 valence electrons. The van der Waals surface area contributed by atoms with Gasteiger partial charge in [0, 0.05) is 6.04 Å². The zero-order valence-electron chi connectivity index (χ0n) is 4.73. The average molecular weight is 135 g/mol. The van der Waals surface area contributed by atoms with Gasteiger partial charge in [0.15, 0.2) is 0 Å². The first kappa shape index (κ1) is 6.33. The van der Waals surface area contributed by atoms with Crippen molar-refractivity contribution >= 4 is 11.6 Å². The fourth-order valence-electron chi connectivity index (χ4n) is 1.10. The first-order valence-electron chi connectivity index (χ1n) is 2.95. The Balaban J connectivity index is 2.30. The van der Waals surface area contributed by atoms with Gasteiger partial charge in [0.25, 0.3) is 0 Å². The molecule has 2 nitrogen and oxygen atoms in total. The highest BCUT2D eigenvalue weighted by Crippen LogP contribution is 2.22. The van der Waals surface area contributed by atoms with Gasteiger partial charge in [-0.15, -0.1) is 11.6 Å². The van der Waals surface area contributed by atoms with Gasteiger partial charge in [0.05, 0.1) is 5.38 Å². The van der Waals surface area contributed by atoms with Crippen molar-refractivity contribution < 1.29 is 0 Å². The number of nitrogens with one attached hydrogen (secondary N) is 1. The highest BCUT2D eigenvalue weighted by Gasteiger charge is 2.23. The molecule has 1 rings (SSSR count). The van der Waals surface area contributed by atoms with Gasteiger partial charge in [-0.25, -0.2) is 0 Å². The molecule has 1 aliphatic carbocycles. The Kier molecular flexibility index (Phi) is 2.11. The smallest absolute Gasteiger partial charge is 0.0502 e. The average Bonchev–Trinajstić information content (AvgIpc) is 2.14. The molecule has 3 N–H and O–H groups in total. The lowest BCUT2D eigenvalue weighted by Gasteiger charge is -2.09. The summed E-state index contributed by atoms with van der Waals surface area (Å²) in [5, 5.41) is 0.264. The Morgan fingerprint density at radius 2 is 2.25 bits per heavy atom. The van der Waals surface area contributed by atoms with Crippen LogP contribution in [0.5, 0.6) is 0 Å². The summed E-state index contributed by atoms with van der Waals surface area (Å²) in [7, 11) is 0. The first-order valence-corrected chi connectivity index (χ1v) is 3.38. The zero-order chi connectivity index (χ0) is 5.98. The van der Waals surface area contributed by atoms with Crippen molar-refractivity contribution in [2.45, 2.75) is 30.7 Å². The summed E-state index contributed by atoms with van der Waals surface area (Å²) in [5.74, 6) is 5.19. The summed E-state index contributed by atoms with van der Waals surface area (Å²) in [6, 6.07) is 0.358. The van der Waals surface area contributed by atoms with E-state index in [1.54, 1.807) is 0 Å². The van der Waals surface area contributed by atoms with E-state index in [-0.39, 0.29) is 5.38 Å². The van der Waals surface area contributed by atoms with E-state index < -0.39 is 0 Å². The number of rotatable bonds is 1. The predicted octanol–water partition coefficient (Wildman–Crippen LogP) is 0.610. The lowest BCUT2D eigenvalue weighted by atomic mass is 10.3. The third-order valence-electron chi connectivity index (χ3n) is 1.65. The van der Waals surface area contributed by atoms with Crippen LogP contribution in [-0.4, -0.2) is 11.4 Å². The third kappa shape index (κ3) is 1.13. The van der Waals surface area contributed by atoms with Crippen LogP contribution in [0.2, 0.25) is 0 Å². The van der Waals surface area contributed by atoms with Crippen LogP contribution < -0.4 is 11.3 Å². The molecule has 0 bridgehead atoms. The van der Waals surface area contributed by atoms with E-state index in [9.17, 15) is 0 Å². The number of halogens is 1. The Hall–Kier alpha value is 0.210. The largest absolute Gasteiger partial charge is 0.271 e. The number of hydrogen-bond donors (Lipinski definition) is 2. The lowest BCUT2D eigenvalue weighted by molar-refractivity contribution is 0.549. The van der Waals surface area contributed by atoms with Gasteiger partial charge in [-0.3, -0.25) is 11.3 Å². The van der Waals surface area contributed by atoms with E-state index in [2.05, 4.69) is 5.43 Å². The number of hydrogen-bond acceptors (Lipinski definition) is 2. The highest BCUT2D eigenvalue weighted by atomic mass is 35.5. The number of alkyl halides is 1. The molecule has 0 aliphatic heterocycles. The summed E-state index contributed by atoms with van der Waals surface area (Å²) >= 11 is 5.84. The molecule has 1 saturated carbocycles. The van der Waals surface area contributed by atoms with Gasteiger partial charge in [0.2, 0.25) is 0 Å². The molecule has 0 aromatic carbocycles. The monoisotopic (exact) mass is 134 g/mol. The quantitative estimate of drug-likeness (QED) is 0.313. The molecule has 0 aromatic heterocycles. The topological polar surface area (TPSA) is 38.0 Å². The van der Waals surface area contributed by atoms with E-state index in [0.29, 0.717) is 6.04 Å². The standard InChI is InChI=1S/C5H11ClN2/c6-4-2-1-3-5(4)8-7/h4-5,8H,1-3,7H2/t4-,5+/m0/s1. The van der Waals surface area contributed by atoms with Crippen LogP contribution in [-0.2, 0) is 0 Å². The van der Waals surface area contributed by atoms with Gasteiger partial charge in [-0.2, -0.15) is 0 Å². The Bertz CT molecular complexity index is 76.8. The minimum Gasteiger partial charge on any atom is -0.271 e. The molecule has 3 heteroatoms. The molecule has 0 aromatic rings. The van der Waals surface area contributed by atoms with Gasteiger partial charge >= 0.3 is 0 Å². The minimum absolute atomic E-state index is 0.264. The second kappa shape index (κ2) is 2.67. The van der Waals surface area contributed by atoms with Crippen molar-refractivity contribution in [2.24, 2.45) is 5.84 Å². The molecule has 0 saturated heterocycles. The summed E-state index contributed by atoms with van der Waals surface area (Å²) in [4.78, 5) is 0. The minimum atomic E-state index is 0.264. The van der Waals surface area contributed by atoms with Gasteiger partial charge in [-0.05, 0) is 12.8 Å². The van der Waals surface area contributed by atoms with Crippen LogP contribution in [0.3, 0.4) is 0 Å². The van der Waals surface area contributed by atoms with Crippen LogP contribution in [0.4, 0.5) is 0 Å². The second-order valence-electron chi connectivity index (χ2n) is 2.22. The number of nitrogens with two attached hydrogens (primary N) is 1. The molecule has 1 fully saturated rings. The third-order valence-corrected chi connectivity index (χ3v) is 2.17. The van der Waals surface area contributed by atoms with Crippen LogP contribution in [0, 0.1) is 0 Å². The maximum Gasteiger partial charge on any atom is 0.0502 e. The molecule has 8 heavy (non-hydrogen) atoms. The van der Waals surface area contributed by atoms with Gasteiger partial charge < -0.3 is 0 Å². The van der Waals surface area contributed by atoms with Crippen molar-refractivity contribution in [2.75, 3.05) is 0 Å². The Morgan fingerprint density at radius 3 is 2.50 bits per heavy atom. The Labute approximate surface area is 54.4 Å². The van der Waals surface area contributed by atoms with Crippen LogP contribution in [0.1, 0.15) is 19.3 Å². The predicted molar refractivity (Wildman–Crippen MR) is 34.6 cm³/mol. The molecule has 2 atom stereocenters. The van der Waals surface area contributed by atoms with Crippen molar-refractivity contribution in [3.05, 3.63) is 0 Å². The van der Waals surface area contributed by atoms with E-state index in [4.69, 9.17) is 17.4 Å². The maximum absolute atomic E-state index is 5.84. The normalized spacial score (nSPS) is 38.2. The molecular weight excluding hydrogens is 124 g/mol. The SMILES string of the molecule is NN[C@@H]1CCC[C@@H]1Cl. The molecule has 0 heterocycles. The van der Waals surface area contributed by atoms with E-state index >= 15 is 0 Å². The van der Waals surface area contributed by atoms with E-state index in [0.717, 1.165) is 12.8 Å². The van der Waals surface area contributed by atoms with Crippen molar-refractivity contribution in [1.29, 1.82) is 0 Å². The molecule has 0 unspecified atom stereocenters.